The number of amides is 2. The summed E-state index contributed by atoms with van der Waals surface area (Å²) < 4.78 is 5.60. The van der Waals surface area contributed by atoms with Crippen LogP contribution in [0.3, 0.4) is 0 Å². The van der Waals surface area contributed by atoms with Gasteiger partial charge < -0.3 is 20.1 Å². The van der Waals surface area contributed by atoms with Crippen LogP contribution in [0.15, 0.2) is 24.4 Å². The van der Waals surface area contributed by atoms with Crippen molar-refractivity contribution in [1.82, 2.24) is 15.2 Å². The molecule has 138 valence electrons. The third-order valence-electron chi connectivity index (χ3n) is 5.49. The molecule has 2 N–H and O–H groups in total. The molecule has 1 saturated heterocycles. The van der Waals surface area contributed by atoms with Crippen molar-refractivity contribution in [1.29, 1.82) is 0 Å². The molecule has 1 aliphatic carbocycles. The fourth-order valence-electron chi connectivity index (χ4n) is 3.90. The maximum absolute atomic E-state index is 12.8. The van der Waals surface area contributed by atoms with E-state index in [4.69, 9.17) is 4.74 Å². The van der Waals surface area contributed by atoms with Crippen LogP contribution < -0.4 is 5.32 Å². The maximum atomic E-state index is 12.8. The Kier molecular flexibility index (Phi) is 5.59. The largest absolute Gasteiger partial charge is 0.393 e. The van der Waals surface area contributed by atoms with E-state index >= 15 is 0 Å². The highest BCUT2D eigenvalue weighted by atomic mass is 16.5. The number of hydrogen-bond donors (Lipinski definition) is 2. The number of carbonyl (C=O) groups excluding carboxylic acids is 1. The van der Waals surface area contributed by atoms with E-state index in [1.54, 1.807) is 6.20 Å². The standard InChI is InChI=1S/C19H29N3O3/c1-19(2,17-8-3-4-9-20-17)13-21-18(24)22-10-11-25-12-15(22)14-6-5-7-16(14)23/h3-4,8-9,14-16,23H,5-7,10-13H2,1-2H3,(H,21,24). The first-order valence-corrected chi connectivity index (χ1v) is 9.21. The average Bonchev–Trinajstić information content (AvgIpc) is 3.06. The van der Waals surface area contributed by atoms with Gasteiger partial charge in [0, 0.05) is 36.3 Å². The van der Waals surface area contributed by atoms with E-state index in [9.17, 15) is 9.90 Å². The third kappa shape index (κ3) is 4.12. The van der Waals surface area contributed by atoms with Crippen molar-refractivity contribution in [2.45, 2.75) is 50.7 Å². The maximum Gasteiger partial charge on any atom is 0.317 e. The number of nitrogens with one attached hydrogen (secondary N) is 1. The fourth-order valence-corrected chi connectivity index (χ4v) is 3.90. The highest BCUT2D eigenvalue weighted by molar-refractivity contribution is 5.75. The number of hydrogen-bond acceptors (Lipinski definition) is 4. The van der Waals surface area contributed by atoms with Crippen LogP contribution in [0, 0.1) is 5.92 Å². The molecule has 1 aromatic rings. The Balaban J connectivity index is 1.63. The van der Waals surface area contributed by atoms with Crippen LogP contribution >= 0.6 is 0 Å². The van der Waals surface area contributed by atoms with Gasteiger partial charge in [0.1, 0.15) is 0 Å². The number of urea groups is 1. The predicted molar refractivity (Wildman–Crippen MR) is 95.3 cm³/mol. The first kappa shape index (κ1) is 18.1. The van der Waals surface area contributed by atoms with Crippen molar-refractivity contribution in [2.75, 3.05) is 26.3 Å². The first-order valence-electron chi connectivity index (χ1n) is 9.21. The number of rotatable bonds is 4. The van der Waals surface area contributed by atoms with Crippen LogP contribution in [0.25, 0.3) is 0 Å². The molecule has 0 radical (unpaired) electrons. The van der Waals surface area contributed by atoms with E-state index in [1.165, 1.54) is 0 Å². The molecule has 6 heteroatoms. The molecule has 2 heterocycles. The lowest BCUT2D eigenvalue weighted by molar-refractivity contribution is -0.0309. The van der Waals surface area contributed by atoms with E-state index < -0.39 is 0 Å². The number of aliphatic hydroxyl groups excluding tert-OH is 1. The van der Waals surface area contributed by atoms with Gasteiger partial charge in [-0.1, -0.05) is 26.3 Å². The monoisotopic (exact) mass is 347 g/mol. The van der Waals surface area contributed by atoms with Crippen LogP contribution in [-0.2, 0) is 10.2 Å². The van der Waals surface area contributed by atoms with Gasteiger partial charge in [-0.2, -0.15) is 0 Å². The Morgan fingerprint density at radius 2 is 2.28 bits per heavy atom. The number of carbonyl (C=O) groups is 1. The second kappa shape index (κ2) is 7.70. The van der Waals surface area contributed by atoms with Crippen molar-refractivity contribution in [3.63, 3.8) is 0 Å². The molecule has 0 bridgehead atoms. The lowest BCUT2D eigenvalue weighted by Gasteiger charge is -2.40. The lowest BCUT2D eigenvalue weighted by Crippen LogP contribution is -2.57. The normalized spacial score (nSPS) is 27.3. The summed E-state index contributed by atoms with van der Waals surface area (Å²) in [5, 5.41) is 13.3. The minimum atomic E-state index is -0.327. The van der Waals surface area contributed by atoms with Gasteiger partial charge in [-0.05, 0) is 25.0 Å². The van der Waals surface area contributed by atoms with E-state index in [1.807, 2.05) is 23.1 Å². The molecule has 3 atom stereocenters. The Bertz CT molecular complexity index is 579. The summed E-state index contributed by atoms with van der Waals surface area (Å²) in [4.78, 5) is 19.1. The van der Waals surface area contributed by atoms with Gasteiger partial charge in [-0.25, -0.2) is 4.79 Å². The van der Waals surface area contributed by atoms with Crippen molar-refractivity contribution < 1.29 is 14.6 Å². The SMILES string of the molecule is CC(C)(CNC(=O)N1CCOCC1C1CCCC1O)c1ccccn1. The van der Waals surface area contributed by atoms with Crippen molar-refractivity contribution in [3.05, 3.63) is 30.1 Å². The number of pyridine rings is 1. The molecule has 6 nitrogen and oxygen atoms in total. The average molecular weight is 347 g/mol. The molecular formula is C19H29N3O3. The zero-order chi connectivity index (χ0) is 17.9. The second-order valence-electron chi connectivity index (χ2n) is 7.76. The topological polar surface area (TPSA) is 74.7 Å². The molecule has 1 aromatic heterocycles. The van der Waals surface area contributed by atoms with Gasteiger partial charge in [0.2, 0.25) is 0 Å². The number of nitrogens with zero attached hydrogens (tertiary/aromatic N) is 2. The molecule has 1 aliphatic heterocycles. The third-order valence-corrected chi connectivity index (χ3v) is 5.49. The summed E-state index contributed by atoms with van der Waals surface area (Å²) in [6.45, 7) is 6.30. The van der Waals surface area contributed by atoms with Crippen LogP contribution in [0.2, 0.25) is 0 Å². The van der Waals surface area contributed by atoms with Gasteiger partial charge in [0.05, 0.1) is 25.4 Å². The number of aliphatic hydroxyl groups is 1. The number of morpholine rings is 1. The minimum Gasteiger partial charge on any atom is -0.393 e. The second-order valence-corrected chi connectivity index (χ2v) is 7.76. The quantitative estimate of drug-likeness (QED) is 0.873. The Morgan fingerprint density at radius 1 is 1.44 bits per heavy atom. The van der Waals surface area contributed by atoms with E-state index in [0.29, 0.717) is 26.3 Å². The fraction of sp³-hybridized carbons (Fsp3) is 0.684. The summed E-state index contributed by atoms with van der Waals surface area (Å²) in [7, 11) is 0. The molecular weight excluding hydrogens is 318 g/mol. The van der Waals surface area contributed by atoms with E-state index in [-0.39, 0.29) is 29.5 Å². The van der Waals surface area contributed by atoms with E-state index in [2.05, 4.69) is 24.1 Å². The van der Waals surface area contributed by atoms with Gasteiger partial charge in [-0.3, -0.25) is 4.98 Å². The highest BCUT2D eigenvalue weighted by Gasteiger charge is 2.39. The van der Waals surface area contributed by atoms with Gasteiger partial charge in [-0.15, -0.1) is 0 Å². The molecule has 3 rings (SSSR count). The molecule has 0 spiro atoms. The van der Waals surface area contributed by atoms with Crippen LogP contribution in [-0.4, -0.2) is 59.5 Å². The Hall–Kier alpha value is -1.66. The van der Waals surface area contributed by atoms with Crippen LogP contribution in [0.1, 0.15) is 38.8 Å². The summed E-state index contributed by atoms with van der Waals surface area (Å²) >= 11 is 0. The van der Waals surface area contributed by atoms with Crippen LogP contribution in [0.4, 0.5) is 4.79 Å². The zero-order valence-electron chi connectivity index (χ0n) is 15.1. The number of aromatic nitrogens is 1. The summed E-state index contributed by atoms with van der Waals surface area (Å²) in [6.07, 6.45) is 4.25. The molecule has 2 fully saturated rings. The van der Waals surface area contributed by atoms with Crippen molar-refractivity contribution in [2.24, 2.45) is 5.92 Å². The van der Waals surface area contributed by atoms with Gasteiger partial charge in [0.15, 0.2) is 0 Å². The molecule has 25 heavy (non-hydrogen) atoms. The highest BCUT2D eigenvalue weighted by Crippen LogP contribution is 2.32. The summed E-state index contributed by atoms with van der Waals surface area (Å²) in [5.74, 6) is 0.120. The van der Waals surface area contributed by atoms with Crippen LogP contribution in [0.5, 0.6) is 0 Å². The first-order chi connectivity index (χ1) is 12.0. The Labute approximate surface area is 149 Å². The summed E-state index contributed by atoms with van der Waals surface area (Å²) in [5.41, 5.74) is 0.714. The molecule has 2 amide bonds. The van der Waals surface area contributed by atoms with Gasteiger partial charge in [0.25, 0.3) is 0 Å². The van der Waals surface area contributed by atoms with E-state index in [0.717, 1.165) is 25.0 Å². The molecule has 2 aliphatic rings. The summed E-state index contributed by atoms with van der Waals surface area (Å²) in [6, 6.07) is 5.73. The molecule has 0 aromatic carbocycles. The smallest absolute Gasteiger partial charge is 0.317 e. The van der Waals surface area contributed by atoms with Crippen molar-refractivity contribution in [3.8, 4) is 0 Å². The number of ether oxygens (including phenoxy) is 1. The molecule has 3 unspecified atom stereocenters. The Morgan fingerprint density at radius 3 is 2.96 bits per heavy atom. The zero-order valence-corrected chi connectivity index (χ0v) is 15.1. The lowest BCUT2D eigenvalue weighted by atomic mass is 9.88. The predicted octanol–water partition coefficient (Wildman–Crippen LogP) is 1.93. The van der Waals surface area contributed by atoms with Crippen molar-refractivity contribution >= 4 is 6.03 Å². The van der Waals surface area contributed by atoms with Gasteiger partial charge >= 0.3 is 6.03 Å². The minimum absolute atomic E-state index is 0.0378. The molecule has 1 saturated carbocycles.